The predicted molar refractivity (Wildman–Crippen MR) is 49.1 cm³/mol. The third-order valence-electron chi connectivity index (χ3n) is 1.64. The van der Waals surface area contributed by atoms with Gasteiger partial charge in [-0.1, -0.05) is 30.3 Å². The number of hydrogen-bond acceptors (Lipinski definition) is 2. The van der Waals surface area contributed by atoms with Crippen molar-refractivity contribution in [2.45, 2.75) is 6.42 Å². The van der Waals surface area contributed by atoms with Gasteiger partial charge < -0.3 is 4.74 Å². The molecule has 3 heteroatoms. The molecule has 0 saturated carbocycles. The van der Waals surface area contributed by atoms with Gasteiger partial charge in [0.2, 0.25) is 0 Å². The zero-order valence-corrected chi connectivity index (χ0v) is 7.32. The maximum absolute atomic E-state index is 10.6. The molecule has 0 saturated heterocycles. The van der Waals surface area contributed by atoms with Crippen molar-refractivity contribution in [3.05, 3.63) is 35.9 Å². The van der Waals surface area contributed by atoms with Crippen molar-refractivity contribution in [1.29, 1.82) is 0 Å². The first-order valence-corrected chi connectivity index (χ1v) is 4.17. The lowest BCUT2D eigenvalue weighted by Gasteiger charge is -2.02. The summed E-state index contributed by atoms with van der Waals surface area (Å²) < 4.78 is 4.77. The number of rotatable bonds is 4. The van der Waals surface area contributed by atoms with Crippen molar-refractivity contribution < 1.29 is 9.53 Å². The minimum absolute atomic E-state index is 0.297. The minimum atomic E-state index is -0.462. The maximum atomic E-state index is 10.6. The molecule has 0 amide bonds. The number of hydrogen-bond donors (Lipinski definition) is 0. The predicted octanol–water partition coefficient (Wildman–Crippen LogP) is 1.06. The van der Waals surface area contributed by atoms with E-state index in [-0.39, 0.29) is 6.54 Å². The lowest BCUT2D eigenvalue weighted by molar-refractivity contribution is -0.141. The number of ether oxygens (including phenoxy) is 1. The van der Waals surface area contributed by atoms with Crippen LogP contribution >= 0.6 is 0 Å². The molecule has 69 valence electrons. The van der Waals surface area contributed by atoms with Crippen LogP contribution in [-0.2, 0) is 16.0 Å². The molecule has 0 spiro atoms. The van der Waals surface area contributed by atoms with E-state index >= 15 is 0 Å². The van der Waals surface area contributed by atoms with Crippen LogP contribution < -0.4 is 5.73 Å². The Morgan fingerprint density at radius 2 is 2.00 bits per heavy atom. The zero-order chi connectivity index (χ0) is 9.52. The second-order valence-corrected chi connectivity index (χ2v) is 2.63. The molecule has 0 bridgehead atoms. The van der Waals surface area contributed by atoms with Crippen LogP contribution in [0.25, 0.3) is 0 Å². The van der Waals surface area contributed by atoms with E-state index < -0.39 is 5.97 Å². The van der Waals surface area contributed by atoms with Crippen LogP contribution in [-0.4, -0.2) is 19.1 Å². The molecule has 0 atom stereocenters. The molecule has 0 heterocycles. The third-order valence-corrected chi connectivity index (χ3v) is 1.64. The molecule has 1 N–H and O–H groups in total. The van der Waals surface area contributed by atoms with Gasteiger partial charge in [-0.05, 0) is 5.56 Å². The standard InChI is InChI=1S/C10H12NO2/c11-8-10(12)13-7-6-9-4-2-1-3-5-9/h1-5,11H,6-8H2. The molecule has 1 aromatic carbocycles. The minimum Gasteiger partial charge on any atom is -0.464 e. The van der Waals surface area contributed by atoms with Gasteiger partial charge in [-0.2, -0.15) is 0 Å². The average molecular weight is 178 g/mol. The lowest BCUT2D eigenvalue weighted by Crippen LogP contribution is -2.12. The number of benzene rings is 1. The Hall–Kier alpha value is -1.35. The summed E-state index contributed by atoms with van der Waals surface area (Å²) in [6.07, 6.45) is 0.715. The largest absolute Gasteiger partial charge is 0.464 e. The fraction of sp³-hybridized carbons (Fsp3) is 0.300. The van der Waals surface area contributed by atoms with Gasteiger partial charge >= 0.3 is 5.97 Å². The van der Waals surface area contributed by atoms with Crippen molar-refractivity contribution in [1.82, 2.24) is 5.73 Å². The summed E-state index contributed by atoms with van der Waals surface area (Å²) in [4.78, 5) is 10.6. The second kappa shape index (κ2) is 5.32. The Balaban J connectivity index is 2.24. The maximum Gasteiger partial charge on any atom is 0.321 e. The summed E-state index contributed by atoms with van der Waals surface area (Å²) in [6, 6.07) is 9.80. The van der Waals surface area contributed by atoms with Crippen LogP contribution in [0.4, 0.5) is 0 Å². The molecule has 1 radical (unpaired) electrons. The molecule has 0 aliphatic rings. The smallest absolute Gasteiger partial charge is 0.321 e. The van der Waals surface area contributed by atoms with Crippen LogP contribution in [0.2, 0.25) is 0 Å². The molecular formula is C10H12NO2. The van der Waals surface area contributed by atoms with Crippen LogP contribution in [0.15, 0.2) is 30.3 Å². The van der Waals surface area contributed by atoms with E-state index in [9.17, 15) is 4.79 Å². The molecule has 1 rings (SSSR count). The molecule has 0 aromatic heterocycles. The first-order valence-electron chi connectivity index (χ1n) is 4.17. The quantitative estimate of drug-likeness (QED) is 0.647. The summed E-state index contributed by atoms with van der Waals surface area (Å²) in [6.45, 7) is 0.0660. The van der Waals surface area contributed by atoms with E-state index in [1.807, 2.05) is 30.3 Å². The summed E-state index contributed by atoms with van der Waals surface area (Å²) in [5.41, 5.74) is 7.86. The fourth-order valence-corrected chi connectivity index (χ4v) is 0.978. The summed E-state index contributed by atoms with van der Waals surface area (Å²) >= 11 is 0. The lowest BCUT2D eigenvalue weighted by atomic mass is 10.2. The Bertz CT molecular complexity index is 259. The first-order chi connectivity index (χ1) is 6.33. The molecule has 1 aromatic rings. The fourth-order valence-electron chi connectivity index (χ4n) is 0.978. The summed E-state index contributed by atoms with van der Waals surface area (Å²) in [7, 11) is 0. The zero-order valence-electron chi connectivity index (χ0n) is 7.32. The number of carbonyl (C=O) groups is 1. The molecule has 0 aliphatic heterocycles. The number of esters is 1. The van der Waals surface area contributed by atoms with E-state index in [2.05, 4.69) is 0 Å². The monoisotopic (exact) mass is 178 g/mol. The summed E-state index contributed by atoms with van der Waals surface area (Å²) in [5.74, 6) is -0.462. The van der Waals surface area contributed by atoms with Crippen molar-refractivity contribution in [3.63, 3.8) is 0 Å². The van der Waals surface area contributed by atoms with Crippen LogP contribution in [0, 0.1) is 0 Å². The summed E-state index contributed by atoms with van der Waals surface area (Å²) in [5, 5.41) is 0. The second-order valence-electron chi connectivity index (χ2n) is 2.63. The average Bonchev–Trinajstić information content (AvgIpc) is 2.19. The molecular weight excluding hydrogens is 166 g/mol. The molecule has 13 heavy (non-hydrogen) atoms. The Morgan fingerprint density at radius 1 is 1.31 bits per heavy atom. The molecule has 3 nitrogen and oxygen atoms in total. The van der Waals surface area contributed by atoms with E-state index in [4.69, 9.17) is 10.5 Å². The Labute approximate surface area is 77.5 Å². The number of nitrogens with one attached hydrogen (secondary N) is 1. The highest BCUT2D eigenvalue weighted by molar-refractivity contribution is 5.71. The molecule has 0 fully saturated rings. The first kappa shape index (κ1) is 9.74. The normalized spacial score (nSPS) is 9.62. The van der Waals surface area contributed by atoms with Gasteiger partial charge in [0.1, 0.15) is 6.54 Å². The topological polar surface area (TPSA) is 50.1 Å². The van der Waals surface area contributed by atoms with Crippen molar-refractivity contribution in [3.8, 4) is 0 Å². The van der Waals surface area contributed by atoms with Crippen molar-refractivity contribution >= 4 is 5.97 Å². The SMILES string of the molecule is [NH]CC(=O)OCCc1ccccc1. The van der Waals surface area contributed by atoms with Crippen LogP contribution in [0.1, 0.15) is 5.56 Å². The Morgan fingerprint density at radius 3 is 2.62 bits per heavy atom. The van der Waals surface area contributed by atoms with Gasteiger partial charge in [0.25, 0.3) is 0 Å². The van der Waals surface area contributed by atoms with Gasteiger partial charge in [-0.15, -0.1) is 0 Å². The van der Waals surface area contributed by atoms with Gasteiger partial charge in [0.15, 0.2) is 0 Å². The van der Waals surface area contributed by atoms with Crippen LogP contribution in [0.3, 0.4) is 0 Å². The van der Waals surface area contributed by atoms with E-state index in [0.717, 1.165) is 5.56 Å². The van der Waals surface area contributed by atoms with E-state index in [0.29, 0.717) is 13.0 Å². The van der Waals surface area contributed by atoms with Gasteiger partial charge in [0, 0.05) is 6.42 Å². The highest BCUT2D eigenvalue weighted by atomic mass is 16.5. The van der Waals surface area contributed by atoms with Crippen molar-refractivity contribution in [2.75, 3.05) is 13.2 Å². The highest BCUT2D eigenvalue weighted by Crippen LogP contribution is 1.99. The highest BCUT2D eigenvalue weighted by Gasteiger charge is 1.98. The molecule has 0 unspecified atom stereocenters. The van der Waals surface area contributed by atoms with Crippen LogP contribution in [0.5, 0.6) is 0 Å². The third kappa shape index (κ3) is 3.71. The van der Waals surface area contributed by atoms with Gasteiger partial charge in [0.05, 0.1) is 6.61 Å². The van der Waals surface area contributed by atoms with E-state index in [1.54, 1.807) is 0 Å². The number of carbonyl (C=O) groups excluding carboxylic acids is 1. The molecule has 0 aliphatic carbocycles. The van der Waals surface area contributed by atoms with Crippen molar-refractivity contribution in [2.24, 2.45) is 0 Å². The Kier molecular flexibility index (Phi) is 3.99. The van der Waals surface area contributed by atoms with E-state index in [1.165, 1.54) is 0 Å². The van der Waals surface area contributed by atoms with Gasteiger partial charge in [-0.25, -0.2) is 5.73 Å². The van der Waals surface area contributed by atoms with Gasteiger partial charge in [-0.3, -0.25) is 4.79 Å².